The first-order chi connectivity index (χ1) is 14.9. The number of anilines is 2. The van der Waals surface area contributed by atoms with Gasteiger partial charge in [-0.05, 0) is 30.3 Å². The lowest BCUT2D eigenvalue weighted by Crippen LogP contribution is -2.29. The van der Waals surface area contributed by atoms with E-state index in [2.05, 4.69) is 0 Å². The lowest BCUT2D eigenvalue weighted by molar-refractivity contribution is -0.132. The molecular weight excluding hydrogens is 395 g/mol. The summed E-state index contributed by atoms with van der Waals surface area (Å²) >= 11 is 0. The first kappa shape index (κ1) is 20.3. The molecule has 0 aliphatic carbocycles. The van der Waals surface area contributed by atoms with Crippen LogP contribution in [-0.4, -0.2) is 30.9 Å². The van der Waals surface area contributed by atoms with Gasteiger partial charge in [0.25, 0.3) is 11.7 Å². The minimum absolute atomic E-state index is 0.135. The maximum absolute atomic E-state index is 14.8. The Balaban J connectivity index is 1.93. The number of carbonyl (C=O) groups excluding carboxylic acids is 2. The van der Waals surface area contributed by atoms with Crippen LogP contribution < -0.4 is 9.80 Å². The number of aliphatic hydroxyl groups is 1. The highest BCUT2D eigenvalue weighted by Crippen LogP contribution is 2.43. The van der Waals surface area contributed by atoms with E-state index in [9.17, 15) is 19.1 Å². The predicted octanol–water partition coefficient (Wildman–Crippen LogP) is 4.52. The fraction of sp³-hybridized carbons (Fsp3) is 0.120. The summed E-state index contributed by atoms with van der Waals surface area (Å²) in [6, 6.07) is 20.4. The highest BCUT2D eigenvalue weighted by molar-refractivity contribution is 6.51. The molecule has 0 aromatic heterocycles. The van der Waals surface area contributed by atoms with E-state index < -0.39 is 23.5 Å². The summed E-state index contributed by atoms with van der Waals surface area (Å²) in [6.07, 6.45) is 0. The molecule has 3 aromatic rings. The molecule has 1 saturated heterocycles. The second kappa shape index (κ2) is 8.07. The van der Waals surface area contributed by atoms with Crippen molar-refractivity contribution in [1.82, 2.24) is 0 Å². The lowest BCUT2D eigenvalue weighted by atomic mass is 9.94. The van der Waals surface area contributed by atoms with Crippen LogP contribution in [0.2, 0.25) is 0 Å². The number of hydrogen-bond acceptors (Lipinski definition) is 4. The van der Waals surface area contributed by atoms with Gasteiger partial charge in [0.15, 0.2) is 0 Å². The summed E-state index contributed by atoms with van der Waals surface area (Å²) in [7, 11) is 3.78. The Morgan fingerprint density at radius 1 is 0.903 bits per heavy atom. The minimum Gasteiger partial charge on any atom is -0.507 e. The second-order valence-electron chi connectivity index (χ2n) is 7.47. The van der Waals surface area contributed by atoms with Gasteiger partial charge in [0, 0.05) is 36.6 Å². The zero-order chi connectivity index (χ0) is 22.1. The maximum Gasteiger partial charge on any atom is 0.300 e. The average Bonchev–Trinajstić information content (AvgIpc) is 3.04. The van der Waals surface area contributed by atoms with Gasteiger partial charge in [0.2, 0.25) is 0 Å². The number of nitrogens with zero attached hydrogens (tertiary/aromatic N) is 2. The fourth-order valence-corrected chi connectivity index (χ4v) is 3.75. The molecule has 0 spiro atoms. The van der Waals surface area contributed by atoms with Gasteiger partial charge in [0.1, 0.15) is 11.6 Å². The largest absolute Gasteiger partial charge is 0.507 e. The van der Waals surface area contributed by atoms with Gasteiger partial charge in [-0.25, -0.2) is 4.39 Å². The summed E-state index contributed by atoms with van der Waals surface area (Å²) in [4.78, 5) is 29.2. The summed E-state index contributed by atoms with van der Waals surface area (Å²) in [6.45, 7) is 0. The third-order valence-corrected chi connectivity index (χ3v) is 5.34. The van der Waals surface area contributed by atoms with Crippen LogP contribution in [0.1, 0.15) is 17.2 Å². The van der Waals surface area contributed by atoms with E-state index in [0.717, 1.165) is 5.69 Å². The van der Waals surface area contributed by atoms with E-state index >= 15 is 0 Å². The topological polar surface area (TPSA) is 60.9 Å². The Morgan fingerprint density at radius 3 is 2.13 bits per heavy atom. The summed E-state index contributed by atoms with van der Waals surface area (Å²) < 4.78 is 14.8. The van der Waals surface area contributed by atoms with Crippen LogP contribution in [0, 0.1) is 5.82 Å². The van der Waals surface area contributed by atoms with Crippen LogP contribution in [0.3, 0.4) is 0 Å². The SMILES string of the molecule is CN(C)c1ccc(N2C(=O)C(=O)/C(=C(\O)c3ccccc3)C2c2ccccc2F)cc1. The van der Waals surface area contributed by atoms with E-state index in [4.69, 9.17) is 0 Å². The van der Waals surface area contributed by atoms with E-state index in [0.29, 0.717) is 11.3 Å². The molecule has 1 heterocycles. The van der Waals surface area contributed by atoms with Crippen molar-refractivity contribution in [3.05, 3.63) is 101 Å². The Labute approximate surface area is 179 Å². The molecule has 0 radical (unpaired) electrons. The third-order valence-electron chi connectivity index (χ3n) is 5.34. The Kier molecular flexibility index (Phi) is 5.29. The van der Waals surface area contributed by atoms with Crippen molar-refractivity contribution in [2.75, 3.05) is 23.9 Å². The number of Topliss-reactive ketones (excluding diaryl/α,β-unsaturated/α-hetero) is 1. The van der Waals surface area contributed by atoms with Crippen molar-refractivity contribution >= 4 is 28.8 Å². The van der Waals surface area contributed by atoms with E-state index in [1.54, 1.807) is 48.5 Å². The van der Waals surface area contributed by atoms with Crippen molar-refractivity contribution in [3.63, 3.8) is 0 Å². The molecule has 1 atom stereocenters. The summed E-state index contributed by atoms with van der Waals surface area (Å²) in [5.41, 5.74) is 1.72. The monoisotopic (exact) mass is 416 g/mol. The first-order valence-electron chi connectivity index (χ1n) is 9.78. The number of hydrogen-bond donors (Lipinski definition) is 1. The Morgan fingerprint density at radius 2 is 1.52 bits per heavy atom. The molecule has 0 saturated carbocycles. The van der Waals surface area contributed by atoms with Crippen molar-refractivity contribution in [3.8, 4) is 0 Å². The molecular formula is C25H21FN2O3. The molecule has 1 aliphatic heterocycles. The zero-order valence-electron chi connectivity index (χ0n) is 17.1. The molecule has 5 nitrogen and oxygen atoms in total. The second-order valence-corrected chi connectivity index (χ2v) is 7.47. The summed E-state index contributed by atoms with van der Waals surface area (Å²) in [5.74, 6) is -2.57. The van der Waals surface area contributed by atoms with E-state index in [1.165, 1.54) is 23.1 Å². The third kappa shape index (κ3) is 3.57. The van der Waals surface area contributed by atoms with Crippen LogP contribution in [0.15, 0.2) is 84.4 Å². The van der Waals surface area contributed by atoms with Crippen LogP contribution in [0.25, 0.3) is 5.76 Å². The zero-order valence-corrected chi connectivity index (χ0v) is 17.1. The number of aliphatic hydroxyl groups excluding tert-OH is 1. The normalized spacial score (nSPS) is 17.8. The van der Waals surface area contributed by atoms with Gasteiger partial charge >= 0.3 is 0 Å². The molecule has 1 aliphatic rings. The molecule has 31 heavy (non-hydrogen) atoms. The highest BCUT2D eigenvalue weighted by Gasteiger charge is 2.47. The van der Waals surface area contributed by atoms with Crippen LogP contribution in [-0.2, 0) is 9.59 Å². The van der Waals surface area contributed by atoms with Crippen molar-refractivity contribution in [2.24, 2.45) is 0 Å². The number of halogens is 1. The van der Waals surface area contributed by atoms with Crippen molar-refractivity contribution < 1.29 is 19.1 Å². The van der Waals surface area contributed by atoms with Crippen molar-refractivity contribution in [1.29, 1.82) is 0 Å². The van der Waals surface area contributed by atoms with Crippen LogP contribution in [0.4, 0.5) is 15.8 Å². The van der Waals surface area contributed by atoms with Crippen molar-refractivity contribution in [2.45, 2.75) is 6.04 Å². The smallest absolute Gasteiger partial charge is 0.300 e. The highest BCUT2D eigenvalue weighted by atomic mass is 19.1. The Bertz CT molecular complexity index is 1170. The van der Waals surface area contributed by atoms with Gasteiger partial charge < -0.3 is 10.0 Å². The van der Waals surface area contributed by atoms with E-state index in [-0.39, 0.29) is 16.9 Å². The molecule has 4 rings (SSSR count). The minimum atomic E-state index is -1.09. The number of carbonyl (C=O) groups is 2. The van der Waals surface area contributed by atoms with Gasteiger partial charge in [-0.3, -0.25) is 14.5 Å². The predicted molar refractivity (Wildman–Crippen MR) is 118 cm³/mol. The standard InChI is InChI=1S/C25H21FN2O3/c1-27(2)17-12-14-18(15-13-17)28-22(19-10-6-7-11-20(19)26)21(24(30)25(28)31)23(29)16-8-4-3-5-9-16/h3-15,22,29H,1-2H3/b23-21-. The van der Waals surface area contributed by atoms with Gasteiger partial charge in [-0.15, -0.1) is 0 Å². The molecule has 1 fully saturated rings. The molecule has 1 unspecified atom stereocenters. The van der Waals surface area contributed by atoms with Gasteiger partial charge in [-0.1, -0.05) is 48.5 Å². The molecule has 6 heteroatoms. The van der Waals surface area contributed by atoms with Gasteiger partial charge in [0.05, 0.1) is 11.6 Å². The van der Waals surface area contributed by atoms with Gasteiger partial charge in [-0.2, -0.15) is 0 Å². The number of rotatable bonds is 4. The fourth-order valence-electron chi connectivity index (χ4n) is 3.75. The summed E-state index contributed by atoms with van der Waals surface area (Å²) in [5, 5.41) is 11.0. The van der Waals surface area contributed by atoms with E-state index in [1.807, 2.05) is 31.1 Å². The number of amides is 1. The number of benzene rings is 3. The Hall–Kier alpha value is -3.93. The number of ketones is 1. The molecule has 3 aromatic carbocycles. The average molecular weight is 416 g/mol. The first-order valence-corrected chi connectivity index (χ1v) is 9.78. The van der Waals surface area contributed by atoms with Crippen LogP contribution in [0.5, 0.6) is 0 Å². The lowest BCUT2D eigenvalue weighted by Gasteiger charge is -2.26. The molecule has 1 N–H and O–H groups in total. The molecule has 0 bridgehead atoms. The molecule has 156 valence electrons. The maximum atomic E-state index is 14.8. The molecule has 1 amide bonds. The quantitative estimate of drug-likeness (QED) is 0.386. The van der Waals surface area contributed by atoms with Crippen LogP contribution >= 0.6 is 0 Å².